The highest BCUT2D eigenvalue weighted by molar-refractivity contribution is 7.72. The van der Waals surface area contributed by atoms with Crippen LogP contribution in [-0.4, -0.2) is 23.4 Å². The van der Waals surface area contributed by atoms with Crippen molar-refractivity contribution in [1.82, 2.24) is 5.32 Å². The molecule has 0 spiro atoms. The maximum Gasteiger partial charge on any atom is 0.153 e. The third kappa shape index (κ3) is 3.29. The van der Waals surface area contributed by atoms with Gasteiger partial charge in [0.25, 0.3) is 0 Å². The van der Waals surface area contributed by atoms with Gasteiger partial charge in [-0.15, -0.1) is 0 Å². The van der Waals surface area contributed by atoms with Crippen LogP contribution in [0.25, 0.3) is 0 Å². The van der Waals surface area contributed by atoms with Crippen LogP contribution < -0.4 is 5.32 Å². The van der Waals surface area contributed by atoms with E-state index in [9.17, 15) is 0 Å². The molecule has 0 aliphatic carbocycles. The molecule has 0 saturated carbocycles. The summed E-state index contributed by atoms with van der Waals surface area (Å²) in [5.41, 5.74) is 0. The summed E-state index contributed by atoms with van der Waals surface area (Å²) in [6.07, 6.45) is 1.09. The first-order valence-electron chi connectivity index (χ1n) is 2.83. The fourth-order valence-electron chi connectivity index (χ4n) is 0.523. The summed E-state index contributed by atoms with van der Waals surface area (Å²) in [6.45, 7) is 2.10. The number of rotatable bonds is 4. The topological polar surface area (TPSA) is 32.3 Å². The van der Waals surface area contributed by atoms with Gasteiger partial charge in [0.1, 0.15) is 12.0 Å². The van der Waals surface area contributed by atoms with Crippen LogP contribution in [0.3, 0.4) is 0 Å². The monoisotopic (exact) mass is 136 g/mol. The molecule has 0 saturated heterocycles. The molecule has 1 atom stereocenters. The summed E-state index contributed by atoms with van der Waals surface area (Å²) in [4.78, 5) is 0. The minimum atomic E-state index is 0.488. The van der Waals surface area contributed by atoms with Crippen LogP contribution in [0, 0.1) is 0 Å². The van der Waals surface area contributed by atoms with Crippen molar-refractivity contribution in [3.63, 3.8) is 0 Å². The van der Waals surface area contributed by atoms with Gasteiger partial charge >= 0.3 is 0 Å². The predicted molar refractivity (Wildman–Crippen MR) is 39.4 cm³/mol. The predicted octanol–water partition coefficient (Wildman–Crippen LogP) is 0.272. The maximum absolute atomic E-state index is 8.43. The van der Waals surface area contributed by atoms with Gasteiger partial charge < -0.3 is 5.32 Å². The van der Waals surface area contributed by atoms with Crippen LogP contribution in [0.2, 0.25) is 0 Å². The third-order valence-electron chi connectivity index (χ3n) is 1.20. The van der Waals surface area contributed by atoms with Gasteiger partial charge in [-0.25, -0.2) is 0 Å². The van der Waals surface area contributed by atoms with E-state index in [1.165, 1.54) is 0 Å². The van der Waals surface area contributed by atoms with E-state index in [2.05, 4.69) is 12.2 Å². The summed E-state index contributed by atoms with van der Waals surface area (Å²) in [5, 5.41) is 3.09. The van der Waals surface area contributed by atoms with Gasteiger partial charge in [0.15, 0.2) is 5.75 Å². The zero-order chi connectivity index (χ0) is 6.41. The Kier molecular flexibility index (Phi) is 5.59. The second-order valence-corrected chi connectivity index (χ2v) is 2.37. The van der Waals surface area contributed by atoms with Gasteiger partial charge in [0, 0.05) is 0 Å². The van der Waals surface area contributed by atoms with Gasteiger partial charge in [-0.05, 0) is 13.5 Å². The number of hydrogen-bond donors (Lipinski definition) is 2. The largest absolute Gasteiger partial charge is 0.313 e. The average molecular weight is 136 g/mol. The summed E-state index contributed by atoms with van der Waals surface area (Å²) >= 11 is 0.493. The first-order valence-corrected chi connectivity index (χ1v) is 3.86. The van der Waals surface area contributed by atoms with Crippen molar-refractivity contribution in [2.24, 2.45) is 0 Å². The quantitative estimate of drug-likeness (QED) is 0.429. The molecule has 0 fully saturated rings. The van der Waals surface area contributed by atoms with Crippen molar-refractivity contribution >= 4 is 12.0 Å². The Labute approximate surface area is 54.9 Å². The van der Waals surface area contributed by atoms with E-state index in [1.54, 1.807) is 0 Å². The minimum absolute atomic E-state index is 0.488. The number of hydrogen-bond acceptors (Lipinski definition) is 2. The molecular formula is C5H14NOS+. The molecule has 0 rings (SSSR count). The Bertz CT molecular complexity index is 47.7. The van der Waals surface area contributed by atoms with Crippen LogP contribution in [-0.2, 0) is 12.0 Å². The second kappa shape index (κ2) is 5.41. The van der Waals surface area contributed by atoms with Gasteiger partial charge in [0.05, 0.1) is 6.04 Å². The highest BCUT2D eigenvalue weighted by atomic mass is 32.2. The molecule has 0 radical (unpaired) electrons. The Morgan fingerprint density at radius 2 is 2.38 bits per heavy atom. The fourth-order valence-corrected chi connectivity index (χ4v) is 1.16. The molecule has 1 unspecified atom stereocenters. The Morgan fingerprint density at radius 3 is 2.50 bits per heavy atom. The Morgan fingerprint density at radius 1 is 1.75 bits per heavy atom. The highest BCUT2D eigenvalue weighted by Gasteiger charge is 2.05. The van der Waals surface area contributed by atoms with Crippen molar-refractivity contribution in [2.75, 3.05) is 12.8 Å². The van der Waals surface area contributed by atoms with Crippen LogP contribution in [0.1, 0.15) is 13.3 Å². The van der Waals surface area contributed by atoms with E-state index in [4.69, 9.17) is 4.55 Å². The lowest BCUT2D eigenvalue weighted by Crippen LogP contribution is -2.28. The summed E-state index contributed by atoms with van der Waals surface area (Å²) in [6, 6.07) is 0.488. The standard InChI is InChI=1S/C5H13NOS/c1-3-5(6-2)4-8-7/h5-7H,3-4H2,1-2H3/p+1. The normalized spacial score (nSPS) is 13.9. The first kappa shape index (κ1) is 8.27. The van der Waals surface area contributed by atoms with E-state index in [1.807, 2.05) is 7.05 Å². The fraction of sp³-hybridized carbons (Fsp3) is 1.00. The molecule has 0 aliphatic rings. The molecule has 0 aliphatic heterocycles. The molecule has 2 N–H and O–H groups in total. The molecule has 50 valence electrons. The molecule has 0 aromatic rings. The molecule has 8 heavy (non-hydrogen) atoms. The zero-order valence-electron chi connectivity index (χ0n) is 5.39. The molecule has 3 heteroatoms. The van der Waals surface area contributed by atoms with E-state index >= 15 is 0 Å². The van der Waals surface area contributed by atoms with Crippen molar-refractivity contribution in [1.29, 1.82) is 0 Å². The summed E-state index contributed by atoms with van der Waals surface area (Å²) < 4.78 is 8.43. The van der Waals surface area contributed by atoms with Crippen LogP contribution in [0.5, 0.6) is 0 Å². The molecule has 0 bridgehead atoms. The van der Waals surface area contributed by atoms with Crippen LogP contribution in [0.15, 0.2) is 0 Å². The van der Waals surface area contributed by atoms with Gasteiger partial charge in [-0.3, -0.25) is 0 Å². The zero-order valence-corrected chi connectivity index (χ0v) is 6.28. The van der Waals surface area contributed by atoms with Crippen molar-refractivity contribution < 1.29 is 4.55 Å². The van der Waals surface area contributed by atoms with Crippen LogP contribution >= 0.6 is 0 Å². The maximum atomic E-state index is 8.43. The Balaban J connectivity index is 3.07. The third-order valence-corrected chi connectivity index (χ3v) is 1.81. The van der Waals surface area contributed by atoms with E-state index in [0.29, 0.717) is 18.1 Å². The number of thiol groups is 1. The average Bonchev–Trinajstić information content (AvgIpc) is 1.83. The lowest BCUT2D eigenvalue weighted by atomic mass is 10.3. The molecular weight excluding hydrogens is 122 g/mol. The summed E-state index contributed by atoms with van der Waals surface area (Å²) in [5.74, 6) is 0.840. The lowest BCUT2D eigenvalue weighted by Gasteiger charge is -2.04. The second-order valence-electron chi connectivity index (χ2n) is 1.72. The van der Waals surface area contributed by atoms with Gasteiger partial charge in [-0.1, -0.05) is 6.92 Å². The highest BCUT2D eigenvalue weighted by Crippen LogP contribution is 1.88. The van der Waals surface area contributed by atoms with Crippen molar-refractivity contribution in [3.8, 4) is 0 Å². The van der Waals surface area contributed by atoms with Crippen LogP contribution in [0.4, 0.5) is 0 Å². The van der Waals surface area contributed by atoms with Crippen molar-refractivity contribution in [2.45, 2.75) is 19.4 Å². The SMILES string of the molecule is CCC(C[SH+]O)NC. The molecule has 0 aromatic carbocycles. The van der Waals surface area contributed by atoms with E-state index < -0.39 is 0 Å². The van der Waals surface area contributed by atoms with Gasteiger partial charge in [0.2, 0.25) is 0 Å². The first-order chi connectivity index (χ1) is 3.85. The van der Waals surface area contributed by atoms with Crippen molar-refractivity contribution in [3.05, 3.63) is 0 Å². The minimum Gasteiger partial charge on any atom is -0.313 e. The molecule has 0 heterocycles. The van der Waals surface area contributed by atoms with E-state index in [0.717, 1.165) is 12.2 Å². The lowest BCUT2D eigenvalue weighted by molar-refractivity contribution is 0.581. The molecule has 0 amide bonds. The smallest absolute Gasteiger partial charge is 0.153 e. The summed E-state index contributed by atoms with van der Waals surface area (Å²) in [7, 11) is 1.92. The van der Waals surface area contributed by atoms with Gasteiger partial charge in [-0.2, -0.15) is 4.55 Å². The van der Waals surface area contributed by atoms with E-state index in [-0.39, 0.29) is 0 Å². The number of nitrogens with one attached hydrogen (secondary N) is 1. The molecule has 0 aromatic heterocycles. The Hall–Kier alpha value is 0.270. The molecule has 2 nitrogen and oxygen atoms in total.